The standard InChI is InChI=1S/C15H9ClF4N2O/c1-22-6-10-9(14(22)23)5-12(16)21-13(10)8-3-2-7(4-11(8)17)15(18,19)20/h2-5H,6H2,1H3. The highest BCUT2D eigenvalue weighted by molar-refractivity contribution is 6.30. The van der Waals surface area contributed by atoms with Crippen LogP contribution in [-0.4, -0.2) is 22.8 Å². The second kappa shape index (κ2) is 5.19. The topological polar surface area (TPSA) is 33.2 Å². The van der Waals surface area contributed by atoms with Gasteiger partial charge in [-0.15, -0.1) is 0 Å². The smallest absolute Gasteiger partial charge is 0.337 e. The molecule has 0 saturated heterocycles. The first-order chi connectivity index (χ1) is 10.7. The van der Waals surface area contributed by atoms with Crippen LogP contribution < -0.4 is 0 Å². The van der Waals surface area contributed by atoms with Gasteiger partial charge < -0.3 is 4.90 Å². The molecule has 8 heteroatoms. The number of hydrogen-bond acceptors (Lipinski definition) is 2. The second-order valence-electron chi connectivity index (χ2n) is 5.17. The summed E-state index contributed by atoms with van der Waals surface area (Å²) >= 11 is 5.86. The number of pyridine rings is 1. The summed E-state index contributed by atoms with van der Waals surface area (Å²) in [7, 11) is 1.56. The number of alkyl halides is 3. The van der Waals surface area contributed by atoms with Crippen molar-refractivity contribution in [3.8, 4) is 11.3 Å². The van der Waals surface area contributed by atoms with Gasteiger partial charge in [-0.25, -0.2) is 9.37 Å². The quantitative estimate of drug-likeness (QED) is 0.575. The molecule has 1 amide bonds. The van der Waals surface area contributed by atoms with E-state index in [1.807, 2.05) is 0 Å². The van der Waals surface area contributed by atoms with Gasteiger partial charge in [0.25, 0.3) is 5.91 Å². The Bertz CT molecular complexity index is 820. The first-order valence-electron chi connectivity index (χ1n) is 6.50. The van der Waals surface area contributed by atoms with Gasteiger partial charge in [-0.05, 0) is 24.3 Å². The van der Waals surface area contributed by atoms with Crippen molar-refractivity contribution in [2.24, 2.45) is 0 Å². The zero-order valence-electron chi connectivity index (χ0n) is 11.7. The van der Waals surface area contributed by atoms with Crippen LogP contribution >= 0.6 is 11.6 Å². The van der Waals surface area contributed by atoms with E-state index in [2.05, 4.69) is 4.98 Å². The van der Waals surface area contributed by atoms with Crippen LogP contribution in [0.15, 0.2) is 24.3 Å². The van der Waals surface area contributed by atoms with Crippen molar-refractivity contribution >= 4 is 17.5 Å². The molecule has 1 aromatic heterocycles. The van der Waals surface area contributed by atoms with Gasteiger partial charge in [-0.3, -0.25) is 4.79 Å². The van der Waals surface area contributed by atoms with E-state index in [1.54, 1.807) is 7.05 Å². The Labute approximate surface area is 133 Å². The highest BCUT2D eigenvalue weighted by Gasteiger charge is 2.33. The monoisotopic (exact) mass is 344 g/mol. The van der Waals surface area contributed by atoms with Crippen molar-refractivity contribution in [2.75, 3.05) is 7.05 Å². The minimum absolute atomic E-state index is 0.0262. The number of rotatable bonds is 1. The summed E-state index contributed by atoms with van der Waals surface area (Å²) in [6.45, 7) is 0.189. The van der Waals surface area contributed by atoms with Crippen molar-refractivity contribution in [3.63, 3.8) is 0 Å². The minimum Gasteiger partial charge on any atom is -0.337 e. The molecule has 3 rings (SSSR count). The molecule has 3 nitrogen and oxygen atoms in total. The summed E-state index contributed by atoms with van der Waals surface area (Å²) in [6, 6.07) is 3.55. The molecule has 2 heterocycles. The summed E-state index contributed by atoms with van der Waals surface area (Å²) in [5.74, 6) is -1.36. The fraction of sp³-hybridized carbons (Fsp3) is 0.200. The van der Waals surface area contributed by atoms with Crippen molar-refractivity contribution in [1.29, 1.82) is 0 Å². The molecule has 0 atom stereocenters. The maximum atomic E-state index is 14.2. The summed E-state index contributed by atoms with van der Waals surface area (Å²) in [5, 5.41) is -0.0262. The Morgan fingerprint density at radius 1 is 1.22 bits per heavy atom. The van der Waals surface area contributed by atoms with Crippen molar-refractivity contribution in [2.45, 2.75) is 12.7 Å². The first-order valence-corrected chi connectivity index (χ1v) is 6.88. The van der Waals surface area contributed by atoms with E-state index in [-0.39, 0.29) is 34.4 Å². The largest absolute Gasteiger partial charge is 0.416 e. The van der Waals surface area contributed by atoms with Gasteiger partial charge in [0.05, 0.1) is 11.3 Å². The lowest BCUT2D eigenvalue weighted by Crippen LogP contribution is -2.17. The van der Waals surface area contributed by atoms with Crippen LogP contribution in [0.3, 0.4) is 0 Å². The fourth-order valence-electron chi connectivity index (χ4n) is 2.51. The van der Waals surface area contributed by atoms with Gasteiger partial charge in [0.1, 0.15) is 11.0 Å². The van der Waals surface area contributed by atoms with Crippen molar-refractivity contribution in [3.05, 3.63) is 51.9 Å². The number of halogens is 5. The van der Waals surface area contributed by atoms with Crippen LogP contribution in [-0.2, 0) is 12.7 Å². The molecule has 1 aromatic carbocycles. The molecule has 0 bridgehead atoms. The number of carbonyl (C=O) groups excluding carboxylic acids is 1. The normalized spacial score (nSPS) is 14.3. The van der Waals surface area contributed by atoms with Crippen molar-refractivity contribution in [1.82, 2.24) is 9.88 Å². The number of carbonyl (C=O) groups is 1. The Morgan fingerprint density at radius 2 is 1.91 bits per heavy atom. The average molecular weight is 345 g/mol. The Morgan fingerprint density at radius 3 is 2.52 bits per heavy atom. The van der Waals surface area contributed by atoms with Crippen molar-refractivity contribution < 1.29 is 22.4 Å². The van der Waals surface area contributed by atoms with Gasteiger partial charge in [0.2, 0.25) is 0 Å². The molecular formula is C15H9ClF4N2O. The zero-order valence-corrected chi connectivity index (χ0v) is 12.5. The lowest BCUT2D eigenvalue weighted by Gasteiger charge is -2.11. The van der Waals surface area contributed by atoms with E-state index in [0.717, 1.165) is 12.1 Å². The molecule has 0 saturated carbocycles. The highest BCUT2D eigenvalue weighted by Crippen LogP contribution is 2.36. The van der Waals surface area contributed by atoms with Gasteiger partial charge in [-0.1, -0.05) is 11.6 Å². The van der Waals surface area contributed by atoms with Gasteiger partial charge >= 0.3 is 6.18 Å². The molecule has 1 aliphatic heterocycles. The second-order valence-corrected chi connectivity index (χ2v) is 5.56. The molecule has 0 N–H and O–H groups in total. The Hall–Kier alpha value is -2.15. The molecule has 1 aliphatic rings. The molecule has 0 aliphatic carbocycles. The predicted octanol–water partition coefficient (Wildman–Crippen LogP) is 4.15. The predicted molar refractivity (Wildman–Crippen MR) is 75.4 cm³/mol. The summed E-state index contributed by atoms with van der Waals surface area (Å²) in [5.41, 5.74) is -0.413. The van der Waals surface area contributed by atoms with Gasteiger partial charge in [-0.2, -0.15) is 13.2 Å². The minimum atomic E-state index is -4.64. The SMILES string of the molecule is CN1Cc2c(cc(Cl)nc2-c2ccc(C(F)(F)F)cc2F)C1=O. The number of hydrogen-bond donors (Lipinski definition) is 0. The van der Waals surface area contributed by atoms with Crippen LogP contribution in [0.25, 0.3) is 11.3 Å². The Kier molecular flexibility index (Phi) is 3.55. The van der Waals surface area contributed by atoms with Crippen LogP contribution in [0.2, 0.25) is 5.15 Å². The molecule has 0 spiro atoms. The Balaban J connectivity index is 2.18. The molecular weight excluding hydrogens is 336 g/mol. The lowest BCUT2D eigenvalue weighted by atomic mass is 10.0. The van der Waals surface area contributed by atoms with E-state index in [1.165, 1.54) is 11.0 Å². The molecule has 0 radical (unpaired) electrons. The third-order valence-electron chi connectivity index (χ3n) is 3.62. The van der Waals surface area contributed by atoms with Crippen LogP contribution in [0, 0.1) is 5.82 Å². The van der Waals surface area contributed by atoms with Crippen LogP contribution in [0.1, 0.15) is 21.5 Å². The number of amides is 1. The number of benzene rings is 1. The van der Waals surface area contributed by atoms with E-state index in [4.69, 9.17) is 11.6 Å². The summed E-state index contributed by atoms with van der Waals surface area (Å²) < 4.78 is 52.1. The van der Waals surface area contributed by atoms with E-state index >= 15 is 0 Å². The average Bonchev–Trinajstić information content (AvgIpc) is 2.73. The van der Waals surface area contributed by atoms with Gasteiger partial charge in [0, 0.05) is 30.3 Å². The van der Waals surface area contributed by atoms with Gasteiger partial charge in [0.15, 0.2) is 0 Å². The third kappa shape index (κ3) is 2.65. The van der Waals surface area contributed by atoms with Crippen LogP contribution in [0.5, 0.6) is 0 Å². The lowest BCUT2D eigenvalue weighted by molar-refractivity contribution is -0.137. The molecule has 120 valence electrons. The van der Waals surface area contributed by atoms with Crippen LogP contribution in [0.4, 0.5) is 17.6 Å². The van der Waals surface area contributed by atoms with E-state index in [0.29, 0.717) is 11.6 Å². The summed E-state index contributed by atoms with van der Waals surface area (Å²) in [6.07, 6.45) is -4.64. The highest BCUT2D eigenvalue weighted by atomic mass is 35.5. The number of fused-ring (bicyclic) bond motifs is 1. The first kappa shape index (κ1) is 15.7. The molecule has 0 unspecified atom stereocenters. The number of aromatic nitrogens is 1. The van der Waals surface area contributed by atoms with E-state index in [9.17, 15) is 22.4 Å². The van der Waals surface area contributed by atoms with E-state index < -0.39 is 17.6 Å². The zero-order chi connectivity index (χ0) is 16.9. The molecule has 0 fully saturated rings. The number of nitrogens with zero attached hydrogens (tertiary/aromatic N) is 2. The molecule has 23 heavy (non-hydrogen) atoms. The summed E-state index contributed by atoms with van der Waals surface area (Å²) in [4.78, 5) is 17.4. The fourth-order valence-corrected chi connectivity index (χ4v) is 2.71. The third-order valence-corrected chi connectivity index (χ3v) is 3.81. The maximum absolute atomic E-state index is 14.2. The molecule has 2 aromatic rings. The maximum Gasteiger partial charge on any atom is 0.416 e.